The second-order valence-electron chi connectivity index (χ2n) is 2.99. The van der Waals surface area contributed by atoms with Gasteiger partial charge in [-0.05, 0) is 26.0 Å². The number of carbonyl (C=O) groups excluding carboxylic acids is 2. The van der Waals surface area contributed by atoms with E-state index in [1.54, 1.807) is 6.08 Å². The summed E-state index contributed by atoms with van der Waals surface area (Å²) in [6, 6.07) is 0. The minimum absolute atomic E-state index is 0.206. The van der Waals surface area contributed by atoms with Crippen molar-refractivity contribution in [3.63, 3.8) is 0 Å². The molecule has 1 amide bonds. The van der Waals surface area contributed by atoms with E-state index in [0.717, 1.165) is 0 Å². The summed E-state index contributed by atoms with van der Waals surface area (Å²) >= 11 is 0. The Morgan fingerprint density at radius 2 is 2.23 bits per heavy atom. The van der Waals surface area contributed by atoms with E-state index in [0.29, 0.717) is 0 Å². The van der Waals surface area contributed by atoms with Gasteiger partial charge in [-0.15, -0.1) is 0 Å². The molecule has 0 aromatic carbocycles. The molecule has 1 aliphatic rings. The molecule has 69 valence electrons. The largest absolute Gasteiger partial charge is 0.367 e. The van der Waals surface area contributed by atoms with Gasteiger partial charge in [0.05, 0.1) is 5.92 Å². The summed E-state index contributed by atoms with van der Waals surface area (Å²) in [4.78, 5) is 26.1. The van der Waals surface area contributed by atoms with Crippen LogP contribution in [0, 0.1) is 12.8 Å². The van der Waals surface area contributed by atoms with Gasteiger partial charge >= 0.3 is 0 Å². The number of allylic oxidation sites excluding steroid dienone is 1. The van der Waals surface area contributed by atoms with Crippen LogP contribution in [0.15, 0.2) is 17.1 Å². The molecule has 0 bridgehead atoms. The van der Waals surface area contributed by atoms with E-state index in [9.17, 15) is 9.59 Å². The molecule has 1 aliphatic heterocycles. The van der Waals surface area contributed by atoms with Crippen LogP contribution in [0.2, 0.25) is 0 Å². The Kier molecular flexibility index (Phi) is 2.32. The molecule has 1 heterocycles. The smallest absolute Gasteiger partial charge is 0.250 e. The number of amides is 1. The molecule has 0 fully saturated rings. The van der Waals surface area contributed by atoms with Crippen LogP contribution in [0.3, 0.4) is 0 Å². The van der Waals surface area contributed by atoms with Crippen LogP contribution < -0.4 is 5.73 Å². The maximum absolute atomic E-state index is 11.1. The van der Waals surface area contributed by atoms with Crippen molar-refractivity contribution in [1.82, 2.24) is 0 Å². The molecule has 1 radical (unpaired) electrons. The molecule has 1 rings (SSSR count). The third kappa shape index (κ3) is 1.39. The number of rotatable bonds is 3. The first kappa shape index (κ1) is 9.64. The number of carbonyl (C=O) groups is 2. The molecule has 0 aromatic heterocycles. The first-order chi connectivity index (χ1) is 6.00. The lowest BCUT2D eigenvalue weighted by molar-refractivity contribution is -0.128. The number of nitrogens with zero attached hydrogens (tertiary/aromatic N) is 1. The molecule has 2 N–H and O–H groups in total. The molecule has 4 nitrogen and oxygen atoms in total. The van der Waals surface area contributed by atoms with Crippen molar-refractivity contribution in [2.75, 3.05) is 0 Å². The van der Waals surface area contributed by atoms with E-state index in [1.165, 1.54) is 19.2 Å². The van der Waals surface area contributed by atoms with Gasteiger partial charge in [-0.3, -0.25) is 14.6 Å². The average molecular weight is 179 g/mol. The third-order valence-electron chi connectivity index (χ3n) is 2.14. The van der Waals surface area contributed by atoms with Gasteiger partial charge in [-0.2, -0.15) is 0 Å². The Labute approximate surface area is 76.5 Å². The van der Waals surface area contributed by atoms with Crippen LogP contribution in [0.25, 0.3) is 0 Å². The zero-order valence-corrected chi connectivity index (χ0v) is 7.36. The molecule has 4 heteroatoms. The Bertz CT molecular complexity index is 293. The number of nitrogens with two attached hydrogens (primary N) is 1. The van der Waals surface area contributed by atoms with Gasteiger partial charge in [0.2, 0.25) is 5.91 Å². The first-order valence-electron chi connectivity index (χ1n) is 3.87. The topological polar surface area (TPSA) is 72.5 Å². The van der Waals surface area contributed by atoms with Crippen molar-refractivity contribution in [3.8, 4) is 0 Å². The number of ketones is 1. The van der Waals surface area contributed by atoms with E-state index in [2.05, 4.69) is 11.9 Å². The molecule has 0 spiro atoms. The van der Waals surface area contributed by atoms with Crippen molar-refractivity contribution in [1.29, 1.82) is 0 Å². The predicted molar refractivity (Wildman–Crippen MR) is 49.1 cm³/mol. The van der Waals surface area contributed by atoms with E-state index in [1.807, 2.05) is 0 Å². The van der Waals surface area contributed by atoms with Gasteiger partial charge < -0.3 is 5.73 Å². The molecule has 13 heavy (non-hydrogen) atoms. The molecule has 0 saturated heterocycles. The van der Waals surface area contributed by atoms with Crippen molar-refractivity contribution < 1.29 is 9.59 Å². The Hall–Kier alpha value is -1.45. The fourth-order valence-electron chi connectivity index (χ4n) is 1.23. The Morgan fingerprint density at radius 3 is 2.54 bits per heavy atom. The van der Waals surface area contributed by atoms with Gasteiger partial charge in [0.15, 0.2) is 5.54 Å². The summed E-state index contributed by atoms with van der Waals surface area (Å²) in [5.74, 6) is -1.60. The van der Waals surface area contributed by atoms with Crippen LogP contribution in [0.5, 0.6) is 0 Å². The molecule has 2 atom stereocenters. The highest BCUT2D eigenvalue weighted by Gasteiger charge is 2.42. The molecule has 0 aromatic rings. The monoisotopic (exact) mass is 179 g/mol. The normalized spacial score (nSPS) is 27.5. The van der Waals surface area contributed by atoms with Gasteiger partial charge in [-0.25, -0.2) is 0 Å². The van der Waals surface area contributed by atoms with E-state index < -0.39 is 17.4 Å². The fourth-order valence-corrected chi connectivity index (χ4v) is 1.23. The Morgan fingerprint density at radius 1 is 1.62 bits per heavy atom. The van der Waals surface area contributed by atoms with Crippen molar-refractivity contribution in [2.24, 2.45) is 16.6 Å². The minimum Gasteiger partial charge on any atom is -0.367 e. The van der Waals surface area contributed by atoms with Gasteiger partial charge in [0.1, 0.15) is 5.78 Å². The van der Waals surface area contributed by atoms with Crippen molar-refractivity contribution in [3.05, 3.63) is 19.1 Å². The molecule has 2 unspecified atom stereocenters. The van der Waals surface area contributed by atoms with Crippen LogP contribution in [0.1, 0.15) is 6.92 Å². The van der Waals surface area contributed by atoms with Crippen molar-refractivity contribution in [2.45, 2.75) is 12.5 Å². The Balaban J connectivity index is 3.06. The second kappa shape index (κ2) is 3.12. The number of hydrogen-bond acceptors (Lipinski definition) is 3. The molecular formula is C9H11N2O2. The standard InChI is InChI=1S/C9H11N2O2/c1-6(7(2)12)9(8(10)13)4-3-5-11-9/h3-6H,1H2,2H3,(H2,10,13). The van der Waals surface area contributed by atoms with Crippen LogP contribution >= 0.6 is 0 Å². The van der Waals surface area contributed by atoms with Crippen LogP contribution in [-0.2, 0) is 9.59 Å². The van der Waals surface area contributed by atoms with Gasteiger partial charge in [0.25, 0.3) is 0 Å². The SMILES string of the molecule is [CH2]C(C(C)=O)C1(C(N)=O)C=CC=N1. The third-order valence-corrected chi connectivity index (χ3v) is 2.14. The summed E-state index contributed by atoms with van der Waals surface area (Å²) < 4.78 is 0. The summed E-state index contributed by atoms with van der Waals surface area (Å²) in [7, 11) is 0. The summed E-state index contributed by atoms with van der Waals surface area (Å²) in [6.45, 7) is 4.96. The molecular weight excluding hydrogens is 168 g/mol. The van der Waals surface area contributed by atoms with Gasteiger partial charge in [0, 0.05) is 6.21 Å². The second-order valence-corrected chi connectivity index (χ2v) is 2.99. The molecule has 0 aliphatic carbocycles. The van der Waals surface area contributed by atoms with Crippen LogP contribution in [0.4, 0.5) is 0 Å². The maximum Gasteiger partial charge on any atom is 0.250 e. The quantitative estimate of drug-likeness (QED) is 0.656. The number of Topliss-reactive ketones (excluding diaryl/α,β-unsaturated/α-hetero) is 1. The highest BCUT2D eigenvalue weighted by Crippen LogP contribution is 2.26. The van der Waals surface area contributed by atoms with Crippen molar-refractivity contribution >= 4 is 17.9 Å². The van der Waals surface area contributed by atoms with Gasteiger partial charge in [-0.1, -0.05) is 0 Å². The molecule has 0 saturated carbocycles. The zero-order valence-electron chi connectivity index (χ0n) is 7.36. The average Bonchev–Trinajstić information content (AvgIpc) is 2.51. The maximum atomic E-state index is 11.1. The lowest BCUT2D eigenvalue weighted by Gasteiger charge is -2.25. The summed E-state index contributed by atoms with van der Waals surface area (Å²) in [6.07, 6.45) is 4.55. The highest BCUT2D eigenvalue weighted by molar-refractivity contribution is 5.99. The zero-order chi connectivity index (χ0) is 10.1. The van der Waals surface area contributed by atoms with E-state index >= 15 is 0 Å². The number of aliphatic imine (C=N–C) groups is 1. The summed E-state index contributed by atoms with van der Waals surface area (Å²) in [5.41, 5.74) is 3.92. The summed E-state index contributed by atoms with van der Waals surface area (Å²) in [5, 5.41) is 0. The number of hydrogen-bond donors (Lipinski definition) is 1. The fraction of sp³-hybridized carbons (Fsp3) is 0.333. The lowest BCUT2D eigenvalue weighted by atomic mass is 9.83. The predicted octanol–water partition coefficient (Wildman–Crippen LogP) is -0.110. The highest BCUT2D eigenvalue weighted by atomic mass is 16.2. The van der Waals surface area contributed by atoms with E-state index in [4.69, 9.17) is 5.73 Å². The van der Waals surface area contributed by atoms with Crippen LogP contribution in [-0.4, -0.2) is 23.4 Å². The first-order valence-corrected chi connectivity index (χ1v) is 3.87. The van der Waals surface area contributed by atoms with E-state index in [-0.39, 0.29) is 5.78 Å². The minimum atomic E-state index is -1.26. The lowest BCUT2D eigenvalue weighted by Crippen LogP contribution is -2.47. The number of primary amides is 1.